The average molecular weight is 318 g/mol. The van der Waals surface area contributed by atoms with E-state index in [0.717, 1.165) is 0 Å². The molecule has 1 aliphatic rings. The molecule has 6 rings (SSSR count). The molecule has 2 nitrogen and oxygen atoms in total. The third-order valence-electron chi connectivity index (χ3n) is 5.23. The molecule has 25 heavy (non-hydrogen) atoms. The monoisotopic (exact) mass is 318 g/mol. The highest BCUT2D eigenvalue weighted by molar-refractivity contribution is 6.15. The molecule has 0 radical (unpaired) electrons. The van der Waals surface area contributed by atoms with E-state index in [1.54, 1.807) is 0 Å². The van der Waals surface area contributed by atoms with Crippen LogP contribution in [0.5, 0.6) is 0 Å². The molecule has 1 aliphatic heterocycles. The van der Waals surface area contributed by atoms with Crippen molar-refractivity contribution in [2.24, 2.45) is 0 Å². The molecule has 0 saturated heterocycles. The number of aromatic nitrogens is 2. The van der Waals surface area contributed by atoms with Gasteiger partial charge in [0.1, 0.15) is 0 Å². The Kier molecular flexibility index (Phi) is 2.37. The molecule has 0 fully saturated rings. The lowest BCUT2D eigenvalue weighted by Crippen LogP contribution is -1.95. The summed E-state index contributed by atoms with van der Waals surface area (Å²) in [7, 11) is 0. The van der Waals surface area contributed by atoms with Gasteiger partial charge in [-0.05, 0) is 23.3 Å². The van der Waals surface area contributed by atoms with Gasteiger partial charge in [-0.2, -0.15) is 0 Å². The van der Waals surface area contributed by atoms with Gasteiger partial charge in [0.2, 0.25) is 0 Å². The molecule has 2 heteroatoms. The molecule has 0 saturated carbocycles. The van der Waals surface area contributed by atoms with Crippen LogP contribution in [-0.4, -0.2) is 9.55 Å². The van der Waals surface area contributed by atoms with Crippen molar-refractivity contribution in [2.45, 2.75) is 0 Å². The fourth-order valence-corrected chi connectivity index (χ4v) is 4.21. The normalized spacial score (nSPS) is 12.0. The SMILES string of the molecule is c1ccc2c(c1)-c1ccccc1-n1c3ccccc3c3cncc-2c31. The lowest BCUT2D eigenvalue weighted by molar-refractivity contribution is 1.18. The molecule has 0 N–H and O–H groups in total. The van der Waals surface area contributed by atoms with Gasteiger partial charge in [-0.3, -0.25) is 4.98 Å². The Hall–Kier alpha value is -3.39. The van der Waals surface area contributed by atoms with Gasteiger partial charge in [0.05, 0.1) is 16.7 Å². The van der Waals surface area contributed by atoms with Gasteiger partial charge < -0.3 is 4.57 Å². The molecule has 0 atom stereocenters. The van der Waals surface area contributed by atoms with E-state index < -0.39 is 0 Å². The Balaban J connectivity index is 1.99. The third-order valence-corrected chi connectivity index (χ3v) is 5.23. The van der Waals surface area contributed by atoms with Crippen molar-refractivity contribution in [3.63, 3.8) is 0 Å². The molecule has 3 aromatic carbocycles. The number of pyridine rings is 1. The average Bonchev–Trinajstić information content (AvgIpc) is 2.96. The first-order chi connectivity index (χ1) is 12.4. The Morgan fingerprint density at radius 3 is 2.12 bits per heavy atom. The summed E-state index contributed by atoms with van der Waals surface area (Å²) in [5.41, 5.74) is 8.67. The number of benzene rings is 3. The van der Waals surface area contributed by atoms with E-state index in [2.05, 4.69) is 82.3 Å². The van der Waals surface area contributed by atoms with Crippen molar-refractivity contribution in [1.29, 1.82) is 0 Å². The number of para-hydroxylation sites is 2. The second kappa shape index (κ2) is 4.58. The van der Waals surface area contributed by atoms with E-state index in [1.807, 2.05) is 12.4 Å². The molecule has 3 heterocycles. The van der Waals surface area contributed by atoms with Gasteiger partial charge in [-0.15, -0.1) is 0 Å². The van der Waals surface area contributed by atoms with E-state index in [-0.39, 0.29) is 0 Å². The van der Waals surface area contributed by atoms with Crippen molar-refractivity contribution < 1.29 is 0 Å². The Bertz CT molecular complexity index is 1290. The molecular formula is C23H14N2. The number of hydrogen-bond acceptors (Lipinski definition) is 1. The minimum atomic E-state index is 1.19. The highest BCUT2D eigenvalue weighted by atomic mass is 15.0. The minimum Gasteiger partial charge on any atom is -0.308 e. The van der Waals surface area contributed by atoms with E-state index in [4.69, 9.17) is 0 Å². The maximum absolute atomic E-state index is 4.57. The Morgan fingerprint density at radius 1 is 0.560 bits per heavy atom. The summed E-state index contributed by atoms with van der Waals surface area (Å²) in [5.74, 6) is 0. The minimum absolute atomic E-state index is 1.19. The van der Waals surface area contributed by atoms with Crippen molar-refractivity contribution in [1.82, 2.24) is 9.55 Å². The van der Waals surface area contributed by atoms with Gasteiger partial charge in [0.15, 0.2) is 0 Å². The van der Waals surface area contributed by atoms with Gasteiger partial charge in [0, 0.05) is 34.3 Å². The lowest BCUT2D eigenvalue weighted by atomic mass is 9.95. The van der Waals surface area contributed by atoms with Gasteiger partial charge in [-0.1, -0.05) is 60.7 Å². The first kappa shape index (κ1) is 13.0. The van der Waals surface area contributed by atoms with Gasteiger partial charge in [-0.25, -0.2) is 0 Å². The zero-order valence-electron chi connectivity index (χ0n) is 13.5. The predicted molar refractivity (Wildman–Crippen MR) is 103 cm³/mol. The molecule has 0 aliphatic carbocycles. The molecule has 0 unspecified atom stereocenters. The number of fused-ring (bicyclic) bond motifs is 8. The molecule has 0 spiro atoms. The Morgan fingerprint density at radius 2 is 1.24 bits per heavy atom. The van der Waals surface area contributed by atoms with Crippen LogP contribution in [0.15, 0.2) is 85.2 Å². The zero-order valence-corrected chi connectivity index (χ0v) is 13.5. The van der Waals surface area contributed by atoms with E-state index in [9.17, 15) is 0 Å². The van der Waals surface area contributed by atoms with E-state index in [0.29, 0.717) is 0 Å². The zero-order chi connectivity index (χ0) is 16.4. The van der Waals surface area contributed by atoms with E-state index in [1.165, 1.54) is 49.7 Å². The van der Waals surface area contributed by atoms with Crippen LogP contribution < -0.4 is 0 Å². The first-order valence-electron chi connectivity index (χ1n) is 8.50. The summed E-state index contributed by atoms with van der Waals surface area (Å²) in [6.07, 6.45) is 4.00. The van der Waals surface area contributed by atoms with E-state index >= 15 is 0 Å². The van der Waals surface area contributed by atoms with Gasteiger partial charge in [0.25, 0.3) is 0 Å². The van der Waals surface area contributed by atoms with Crippen LogP contribution in [0.4, 0.5) is 0 Å². The van der Waals surface area contributed by atoms with Crippen LogP contribution in [0.25, 0.3) is 49.7 Å². The molecule has 2 aromatic heterocycles. The van der Waals surface area contributed by atoms with Crippen molar-refractivity contribution in [2.75, 3.05) is 0 Å². The summed E-state index contributed by atoms with van der Waals surface area (Å²) in [6, 6.07) is 25.9. The van der Waals surface area contributed by atoms with Crippen molar-refractivity contribution in [3.8, 4) is 27.9 Å². The second-order valence-electron chi connectivity index (χ2n) is 6.50. The summed E-state index contributed by atoms with van der Waals surface area (Å²) >= 11 is 0. The molecule has 0 bridgehead atoms. The lowest BCUT2D eigenvalue weighted by Gasteiger charge is -2.11. The first-order valence-corrected chi connectivity index (χ1v) is 8.50. The largest absolute Gasteiger partial charge is 0.308 e. The van der Waals surface area contributed by atoms with Crippen LogP contribution in [-0.2, 0) is 0 Å². The topological polar surface area (TPSA) is 17.8 Å². The highest BCUT2D eigenvalue weighted by Gasteiger charge is 2.23. The van der Waals surface area contributed by atoms with Gasteiger partial charge >= 0.3 is 0 Å². The maximum Gasteiger partial charge on any atom is 0.0650 e. The van der Waals surface area contributed by atoms with Crippen LogP contribution in [0, 0.1) is 0 Å². The summed E-state index contributed by atoms with van der Waals surface area (Å²) in [5, 5.41) is 2.46. The fourth-order valence-electron chi connectivity index (χ4n) is 4.21. The standard InChI is InChI=1S/C23H14N2/c1-2-8-16-15(7-1)17-9-3-5-11-21(17)25-22-12-6-4-10-18(22)20-14-24-13-19(16)23(20)25/h1-14H. The fraction of sp³-hybridized carbons (Fsp3) is 0. The summed E-state index contributed by atoms with van der Waals surface area (Å²) in [6.45, 7) is 0. The quantitative estimate of drug-likeness (QED) is 0.345. The number of nitrogens with zero attached hydrogens (tertiary/aromatic N) is 2. The maximum atomic E-state index is 4.57. The smallest absolute Gasteiger partial charge is 0.0650 e. The summed E-state index contributed by atoms with van der Waals surface area (Å²) < 4.78 is 2.40. The van der Waals surface area contributed by atoms with Crippen LogP contribution in [0.2, 0.25) is 0 Å². The molecule has 0 amide bonds. The molecular weight excluding hydrogens is 304 g/mol. The van der Waals surface area contributed by atoms with Crippen molar-refractivity contribution in [3.05, 3.63) is 85.2 Å². The Labute approximate surface area is 145 Å². The highest BCUT2D eigenvalue weighted by Crippen LogP contribution is 2.45. The molecule has 116 valence electrons. The second-order valence-corrected chi connectivity index (χ2v) is 6.50. The van der Waals surface area contributed by atoms with Crippen LogP contribution in [0.1, 0.15) is 0 Å². The molecule has 5 aromatic rings. The van der Waals surface area contributed by atoms with Crippen molar-refractivity contribution >= 4 is 21.8 Å². The van der Waals surface area contributed by atoms with Crippen LogP contribution in [0.3, 0.4) is 0 Å². The van der Waals surface area contributed by atoms with Crippen LogP contribution >= 0.6 is 0 Å². The number of hydrogen-bond donors (Lipinski definition) is 0. The number of rotatable bonds is 0. The predicted octanol–water partition coefficient (Wildman–Crippen LogP) is 5.83. The summed E-state index contributed by atoms with van der Waals surface area (Å²) in [4.78, 5) is 4.57. The third kappa shape index (κ3) is 1.56.